The van der Waals surface area contributed by atoms with Crippen LogP contribution in [0.5, 0.6) is 0 Å². The number of carbonyl (C=O) groups is 1. The Hall–Kier alpha value is -2.31. The molecular formula is C14H12F4N2O. The van der Waals surface area contributed by atoms with Crippen molar-refractivity contribution >= 4 is 5.91 Å². The third kappa shape index (κ3) is 3.62. The highest BCUT2D eigenvalue weighted by atomic mass is 19.4. The number of hydrogen-bond donors (Lipinski definition) is 1. The molecule has 7 heteroatoms. The molecule has 0 aliphatic carbocycles. The summed E-state index contributed by atoms with van der Waals surface area (Å²) in [4.78, 5) is 11.7. The Morgan fingerprint density at radius 1 is 1.14 bits per heavy atom. The van der Waals surface area contributed by atoms with E-state index in [0.29, 0.717) is 12.6 Å². The summed E-state index contributed by atoms with van der Waals surface area (Å²) in [5.41, 5.74) is -2.06. The number of nitrogens with one attached hydrogen (secondary N) is 1. The zero-order chi connectivity index (χ0) is 15.5. The van der Waals surface area contributed by atoms with Gasteiger partial charge in [0.15, 0.2) is 0 Å². The number of rotatable bonds is 4. The highest BCUT2D eigenvalue weighted by molar-refractivity contribution is 5.94. The molecule has 2 rings (SSSR count). The highest BCUT2D eigenvalue weighted by Crippen LogP contribution is 2.32. The van der Waals surface area contributed by atoms with Gasteiger partial charge in [0, 0.05) is 25.5 Å². The van der Waals surface area contributed by atoms with Crippen molar-refractivity contribution < 1.29 is 22.4 Å². The molecule has 1 aromatic heterocycles. The summed E-state index contributed by atoms with van der Waals surface area (Å²) < 4.78 is 53.2. The maximum absolute atomic E-state index is 13.7. The second-order valence-corrected chi connectivity index (χ2v) is 4.34. The van der Waals surface area contributed by atoms with Gasteiger partial charge in [-0.3, -0.25) is 4.79 Å². The minimum absolute atomic E-state index is 0.184. The van der Waals surface area contributed by atoms with Gasteiger partial charge in [-0.25, -0.2) is 4.39 Å². The fraction of sp³-hybridized carbons (Fsp3) is 0.214. The maximum Gasteiger partial charge on any atom is 0.419 e. The zero-order valence-electron chi connectivity index (χ0n) is 10.8. The molecule has 21 heavy (non-hydrogen) atoms. The van der Waals surface area contributed by atoms with Crippen LogP contribution in [-0.2, 0) is 12.7 Å². The molecule has 0 atom stereocenters. The van der Waals surface area contributed by atoms with E-state index in [-0.39, 0.29) is 6.54 Å². The van der Waals surface area contributed by atoms with Crippen LogP contribution in [0.3, 0.4) is 0 Å². The first kappa shape index (κ1) is 15.1. The molecule has 0 spiro atoms. The molecule has 0 fully saturated rings. The molecule has 0 radical (unpaired) electrons. The summed E-state index contributed by atoms with van der Waals surface area (Å²) in [5.74, 6) is -2.42. The van der Waals surface area contributed by atoms with Crippen molar-refractivity contribution in [1.82, 2.24) is 9.88 Å². The predicted molar refractivity (Wildman–Crippen MR) is 68.2 cm³/mol. The van der Waals surface area contributed by atoms with E-state index in [1.807, 2.05) is 0 Å². The molecule has 0 aliphatic rings. The third-order valence-corrected chi connectivity index (χ3v) is 2.87. The first-order valence-corrected chi connectivity index (χ1v) is 6.14. The Kier molecular flexibility index (Phi) is 4.30. The van der Waals surface area contributed by atoms with Gasteiger partial charge in [0.25, 0.3) is 5.91 Å². The number of alkyl halides is 3. The van der Waals surface area contributed by atoms with E-state index in [1.165, 1.54) is 0 Å². The number of amides is 1. The van der Waals surface area contributed by atoms with Gasteiger partial charge in [0.05, 0.1) is 11.1 Å². The van der Waals surface area contributed by atoms with Crippen molar-refractivity contribution in [1.29, 1.82) is 0 Å². The molecule has 1 N–H and O–H groups in total. The summed E-state index contributed by atoms with van der Waals surface area (Å²) in [7, 11) is 0. The minimum Gasteiger partial charge on any atom is -0.353 e. The van der Waals surface area contributed by atoms with Gasteiger partial charge in [-0.15, -0.1) is 0 Å². The van der Waals surface area contributed by atoms with Crippen molar-refractivity contribution in [2.24, 2.45) is 0 Å². The number of nitrogens with zero attached hydrogens (tertiary/aromatic N) is 1. The SMILES string of the molecule is O=C(NCCn1cccc1)c1cccc(C(F)(F)F)c1F. The lowest BCUT2D eigenvalue weighted by atomic mass is 10.1. The summed E-state index contributed by atoms with van der Waals surface area (Å²) >= 11 is 0. The molecule has 1 heterocycles. The zero-order valence-corrected chi connectivity index (χ0v) is 10.8. The normalized spacial score (nSPS) is 11.4. The maximum atomic E-state index is 13.7. The Balaban J connectivity index is 2.05. The van der Waals surface area contributed by atoms with E-state index >= 15 is 0 Å². The molecule has 0 saturated heterocycles. The van der Waals surface area contributed by atoms with Gasteiger partial charge >= 0.3 is 6.18 Å². The molecule has 1 aromatic carbocycles. The monoisotopic (exact) mass is 300 g/mol. The van der Waals surface area contributed by atoms with Crippen LogP contribution in [0.4, 0.5) is 17.6 Å². The average molecular weight is 300 g/mol. The smallest absolute Gasteiger partial charge is 0.353 e. The number of hydrogen-bond acceptors (Lipinski definition) is 1. The topological polar surface area (TPSA) is 34.0 Å². The van der Waals surface area contributed by atoms with Gasteiger partial charge in [-0.1, -0.05) is 6.07 Å². The average Bonchev–Trinajstić information content (AvgIpc) is 2.90. The van der Waals surface area contributed by atoms with Crippen LogP contribution in [0.1, 0.15) is 15.9 Å². The van der Waals surface area contributed by atoms with Crippen molar-refractivity contribution in [3.63, 3.8) is 0 Å². The Bertz CT molecular complexity index is 620. The van der Waals surface area contributed by atoms with E-state index in [9.17, 15) is 22.4 Å². The van der Waals surface area contributed by atoms with Gasteiger partial charge in [-0.2, -0.15) is 13.2 Å². The van der Waals surface area contributed by atoms with Crippen LogP contribution < -0.4 is 5.32 Å². The molecule has 1 amide bonds. The molecular weight excluding hydrogens is 288 g/mol. The summed E-state index contributed by atoms with van der Waals surface area (Å²) in [6.07, 6.45) is -1.28. The summed E-state index contributed by atoms with van der Waals surface area (Å²) in [6, 6.07) is 6.23. The molecule has 2 aromatic rings. The Morgan fingerprint density at radius 3 is 2.43 bits per heavy atom. The number of benzene rings is 1. The lowest BCUT2D eigenvalue weighted by Gasteiger charge is -2.11. The number of aromatic nitrogens is 1. The molecule has 0 saturated carbocycles. The number of carbonyl (C=O) groups excluding carboxylic acids is 1. The van der Waals surface area contributed by atoms with E-state index in [4.69, 9.17) is 0 Å². The van der Waals surface area contributed by atoms with Crippen LogP contribution in [0.25, 0.3) is 0 Å². The van der Waals surface area contributed by atoms with Crippen LogP contribution >= 0.6 is 0 Å². The first-order chi connectivity index (χ1) is 9.89. The van der Waals surface area contributed by atoms with E-state index in [2.05, 4.69) is 5.32 Å². The Morgan fingerprint density at radius 2 is 1.81 bits per heavy atom. The van der Waals surface area contributed by atoms with Crippen molar-refractivity contribution in [3.05, 3.63) is 59.7 Å². The van der Waals surface area contributed by atoms with Crippen LogP contribution in [0.15, 0.2) is 42.7 Å². The third-order valence-electron chi connectivity index (χ3n) is 2.87. The standard InChI is InChI=1S/C14H12F4N2O/c15-12-10(4-3-5-11(12)14(16,17)18)13(21)19-6-9-20-7-1-2-8-20/h1-5,7-8H,6,9H2,(H,19,21). The van der Waals surface area contributed by atoms with E-state index < -0.39 is 29.0 Å². The fourth-order valence-corrected chi connectivity index (χ4v) is 1.84. The van der Waals surface area contributed by atoms with Crippen LogP contribution in [0, 0.1) is 5.82 Å². The summed E-state index contributed by atoms with van der Waals surface area (Å²) in [6.45, 7) is 0.627. The first-order valence-electron chi connectivity index (χ1n) is 6.14. The second-order valence-electron chi connectivity index (χ2n) is 4.34. The van der Waals surface area contributed by atoms with Gasteiger partial charge < -0.3 is 9.88 Å². The van der Waals surface area contributed by atoms with Crippen LogP contribution in [-0.4, -0.2) is 17.0 Å². The number of halogens is 4. The molecule has 0 bridgehead atoms. The lowest BCUT2D eigenvalue weighted by Crippen LogP contribution is -2.28. The molecule has 3 nitrogen and oxygen atoms in total. The Labute approximate surface area is 118 Å². The second kappa shape index (κ2) is 5.99. The minimum atomic E-state index is -4.83. The molecule has 0 aliphatic heterocycles. The fourth-order valence-electron chi connectivity index (χ4n) is 1.84. The largest absolute Gasteiger partial charge is 0.419 e. The van der Waals surface area contributed by atoms with Crippen molar-refractivity contribution in [3.8, 4) is 0 Å². The predicted octanol–water partition coefficient (Wildman–Crippen LogP) is 3.08. The van der Waals surface area contributed by atoms with E-state index in [1.54, 1.807) is 29.1 Å². The van der Waals surface area contributed by atoms with Gasteiger partial charge in [-0.05, 0) is 24.3 Å². The van der Waals surface area contributed by atoms with Gasteiger partial charge in [0.2, 0.25) is 0 Å². The van der Waals surface area contributed by atoms with E-state index in [0.717, 1.165) is 12.1 Å². The molecule has 0 unspecified atom stereocenters. The lowest BCUT2D eigenvalue weighted by molar-refractivity contribution is -0.140. The van der Waals surface area contributed by atoms with Crippen molar-refractivity contribution in [2.45, 2.75) is 12.7 Å². The highest BCUT2D eigenvalue weighted by Gasteiger charge is 2.35. The van der Waals surface area contributed by atoms with Crippen molar-refractivity contribution in [2.75, 3.05) is 6.54 Å². The van der Waals surface area contributed by atoms with Crippen LogP contribution in [0.2, 0.25) is 0 Å². The van der Waals surface area contributed by atoms with Gasteiger partial charge in [0.1, 0.15) is 5.82 Å². The summed E-state index contributed by atoms with van der Waals surface area (Å²) in [5, 5.41) is 2.39. The molecule has 112 valence electrons. The quantitative estimate of drug-likeness (QED) is 0.865.